The summed E-state index contributed by atoms with van der Waals surface area (Å²) >= 11 is 0. The van der Waals surface area contributed by atoms with Gasteiger partial charge in [-0.25, -0.2) is 4.98 Å². The fourth-order valence-corrected chi connectivity index (χ4v) is 3.36. The molecule has 0 bridgehead atoms. The molecular formula is C19H25N5O2. The van der Waals surface area contributed by atoms with Gasteiger partial charge in [-0.3, -0.25) is 4.79 Å². The van der Waals surface area contributed by atoms with Crippen molar-refractivity contribution in [3.8, 4) is 0 Å². The number of carbonyl (C=O) groups excluding carboxylic acids is 1. The predicted molar refractivity (Wildman–Crippen MR) is 101 cm³/mol. The minimum Gasteiger partial charge on any atom is -0.391 e. The minimum atomic E-state index is -0.599. The smallest absolute Gasteiger partial charge is 0.254 e. The second-order valence-corrected chi connectivity index (χ2v) is 6.96. The molecule has 1 fully saturated rings. The van der Waals surface area contributed by atoms with Crippen molar-refractivity contribution in [2.24, 2.45) is 11.7 Å². The lowest BCUT2D eigenvalue weighted by Crippen LogP contribution is -2.42. The molecule has 1 amide bonds. The maximum absolute atomic E-state index is 11.7. The molecule has 1 aromatic heterocycles. The van der Waals surface area contributed by atoms with E-state index in [1.807, 2.05) is 31.2 Å². The Kier molecular flexibility index (Phi) is 5.37. The van der Waals surface area contributed by atoms with Gasteiger partial charge in [-0.2, -0.15) is 4.98 Å². The number of rotatable bonds is 5. The molecule has 1 saturated carbocycles. The highest BCUT2D eigenvalue weighted by molar-refractivity contribution is 5.98. The Balaban J connectivity index is 1.87. The van der Waals surface area contributed by atoms with Crippen molar-refractivity contribution in [3.05, 3.63) is 41.6 Å². The van der Waals surface area contributed by atoms with E-state index < -0.39 is 12.0 Å². The zero-order valence-corrected chi connectivity index (χ0v) is 15.1. The lowest BCUT2D eigenvalue weighted by molar-refractivity contribution is 0.0902. The Labute approximate surface area is 153 Å². The van der Waals surface area contributed by atoms with Crippen LogP contribution >= 0.6 is 0 Å². The third-order valence-electron chi connectivity index (χ3n) is 4.82. The fourth-order valence-electron chi connectivity index (χ4n) is 3.36. The van der Waals surface area contributed by atoms with Gasteiger partial charge < -0.3 is 21.5 Å². The van der Waals surface area contributed by atoms with Gasteiger partial charge in [0, 0.05) is 11.9 Å². The summed E-state index contributed by atoms with van der Waals surface area (Å²) in [7, 11) is 0. The summed E-state index contributed by atoms with van der Waals surface area (Å²) in [5.74, 6) is 0.422. The van der Waals surface area contributed by atoms with E-state index in [0.29, 0.717) is 17.7 Å². The van der Waals surface area contributed by atoms with E-state index in [-0.39, 0.29) is 11.6 Å². The second-order valence-electron chi connectivity index (χ2n) is 6.96. The minimum absolute atomic E-state index is 0.116. The summed E-state index contributed by atoms with van der Waals surface area (Å²) in [6.07, 6.45) is 3.79. The molecule has 26 heavy (non-hydrogen) atoms. The molecule has 7 heteroatoms. The lowest BCUT2D eigenvalue weighted by Gasteiger charge is -2.34. The SMILES string of the molecule is Cc1cccc(Nc2nc(N[C@@H]3[C@H](O)CCC[C@@H]3C)ncc2C(N)=O)c1. The Bertz CT molecular complexity index is 785. The standard InChI is InChI=1S/C19H25N5O2/c1-11-5-3-7-13(9-11)22-18-14(17(20)26)10-21-19(24-18)23-16-12(2)6-4-8-15(16)25/h3,5,7,9-10,12,15-16,25H,4,6,8H2,1-2H3,(H2,20,26)(H2,21,22,23,24)/t12-,15+,16-/m0/s1. The van der Waals surface area contributed by atoms with E-state index in [2.05, 4.69) is 27.5 Å². The number of hydrogen-bond donors (Lipinski definition) is 4. The first kappa shape index (κ1) is 18.1. The summed E-state index contributed by atoms with van der Waals surface area (Å²) in [5.41, 5.74) is 7.57. The summed E-state index contributed by atoms with van der Waals surface area (Å²) in [4.78, 5) is 20.4. The summed E-state index contributed by atoms with van der Waals surface area (Å²) in [5, 5.41) is 16.6. The number of nitrogens with zero attached hydrogens (tertiary/aromatic N) is 2. The highest BCUT2D eigenvalue weighted by Gasteiger charge is 2.30. The van der Waals surface area contributed by atoms with Crippen LogP contribution in [0.15, 0.2) is 30.5 Å². The summed E-state index contributed by atoms with van der Waals surface area (Å²) in [6, 6.07) is 7.63. The van der Waals surface area contributed by atoms with Crippen LogP contribution in [0.5, 0.6) is 0 Å². The molecule has 7 nitrogen and oxygen atoms in total. The van der Waals surface area contributed by atoms with Crippen molar-refractivity contribution in [2.45, 2.75) is 45.3 Å². The fraction of sp³-hybridized carbons (Fsp3) is 0.421. The number of nitrogens with one attached hydrogen (secondary N) is 2. The van der Waals surface area contributed by atoms with Crippen molar-refractivity contribution in [1.29, 1.82) is 0 Å². The average Bonchev–Trinajstić information content (AvgIpc) is 2.58. The molecule has 0 unspecified atom stereocenters. The molecule has 1 aromatic carbocycles. The number of aryl methyl sites for hydroxylation is 1. The van der Waals surface area contributed by atoms with Crippen molar-refractivity contribution in [2.75, 3.05) is 10.6 Å². The molecule has 1 aliphatic carbocycles. The highest BCUT2D eigenvalue weighted by atomic mass is 16.3. The first-order valence-electron chi connectivity index (χ1n) is 8.89. The number of aliphatic hydroxyl groups is 1. The molecule has 0 radical (unpaired) electrons. The normalized spacial score (nSPS) is 22.7. The van der Waals surface area contributed by atoms with Crippen LogP contribution in [0, 0.1) is 12.8 Å². The van der Waals surface area contributed by atoms with Gasteiger partial charge >= 0.3 is 0 Å². The zero-order valence-electron chi connectivity index (χ0n) is 15.1. The lowest BCUT2D eigenvalue weighted by atomic mass is 9.84. The van der Waals surface area contributed by atoms with Crippen LogP contribution in [-0.4, -0.2) is 33.1 Å². The average molecular weight is 355 g/mol. The Morgan fingerprint density at radius 1 is 1.35 bits per heavy atom. The van der Waals surface area contributed by atoms with E-state index in [4.69, 9.17) is 5.73 Å². The summed E-state index contributed by atoms with van der Waals surface area (Å²) < 4.78 is 0. The number of primary amides is 1. The first-order valence-corrected chi connectivity index (χ1v) is 8.89. The summed E-state index contributed by atoms with van der Waals surface area (Å²) in [6.45, 7) is 4.09. The number of amides is 1. The van der Waals surface area contributed by atoms with Crippen LogP contribution < -0.4 is 16.4 Å². The van der Waals surface area contributed by atoms with E-state index in [1.54, 1.807) is 0 Å². The van der Waals surface area contributed by atoms with Crippen molar-refractivity contribution in [1.82, 2.24) is 9.97 Å². The second kappa shape index (κ2) is 7.70. The number of aliphatic hydroxyl groups excluding tert-OH is 1. The topological polar surface area (TPSA) is 113 Å². The Hall–Kier alpha value is -2.67. The van der Waals surface area contributed by atoms with Gasteiger partial charge in [0.1, 0.15) is 11.4 Å². The molecule has 3 rings (SSSR count). The predicted octanol–water partition coefficient (Wildman–Crippen LogP) is 2.59. The van der Waals surface area contributed by atoms with E-state index in [0.717, 1.165) is 30.5 Å². The number of hydrogen-bond acceptors (Lipinski definition) is 6. The van der Waals surface area contributed by atoms with Crippen LogP contribution in [0.1, 0.15) is 42.1 Å². The third kappa shape index (κ3) is 4.11. The van der Waals surface area contributed by atoms with E-state index in [1.165, 1.54) is 6.20 Å². The highest BCUT2D eigenvalue weighted by Crippen LogP contribution is 2.27. The third-order valence-corrected chi connectivity index (χ3v) is 4.82. The van der Waals surface area contributed by atoms with Gasteiger partial charge in [-0.1, -0.05) is 25.5 Å². The molecule has 0 aliphatic heterocycles. The maximum atomic E-state index is 11.7. The molecule has 1 heterocycles. The molecule has 138 valence electrons. The van der Waals surface area contributed by atoms with E-state index in [9.17, 15) is 9.90 Å². The van der Waals surface area contributed by atoms with E-state index >= 15 is 0 Å². The zero-order chi connectivity index (χ0) is 18.7. The monoisotopic (exact) mass is 355 g/mol. The Morgan fingerprint density at radius 2 is 2.15 bits per heavy atom. The number of aromatic nitrogens is 2. The van der Waals surface area contributed by atoms with Crippen LogP contribution in [0.2, 0.25) is 0 Å². The maximum Gasteiger partial charge on any atom is 0.254 e. The first-order chi connectivity index (χ1) is 12.4. The number of nitrogens with two attached hydrogens (primary N) is 1. The van der Waals surface area contributed by atoms with Gasteiger partial charge in [-0.15, -0.1) is 0 Å². The molecule has 1 aliphatic rings. The molecule has 5 N–H and O–H groups in total. The van der Waals surface area contributed by atoms with Crippen LogP contribution in [-0.2, 0) is 0 Å². The Morgan fingerprint density at radius 3 is 2.85 bits per heavy atom. The molecule has 0 spiro atoms. The molecule has 0 saturated heterocycles. The van der Waals surface area contributed by atoms with Crippen LogP contribution in [0.3, 0.4) is 0 Å². The van der Waals surface area contributed by atoms with Gasteiger partial charge in [0.2, 0.25) is 5.95 Å². The van der Waals surface area contributed by atoms with Gasteiger partial charge in [0.05, 0.1) is 12.1 Å². The number of anilines is 3. The number of carbonyl (C=O) groups is 1. The van der Waals surface area contributed by atoms with Crippen molar-refractivity contribution < 1.29 is 9.90 Å². The van der Waals surface area contributed by atoms with Gasteiger partial charge in [0.25, 0.3) is 5.91 Å². The van der Waals surface area contributed by atoms with Gasteiger partial charge in [0.15, 0.2) is 0 Å². The van der Waals surface area contributed by atoms with Crippen LogP contribution in [0.25, 0.3) is 0 Å². The van der Waals surface area contributed by atoms with Crippen LogP contribution in [0.4, 0.5) is 17.5 Å². The quantitative estimate of drug-likeness (QED) is 0.656. The van der Waals surface area contributed by atoms with Crippen molar-refractivity contribution in [3.63, 3.8) is 0 Å². The molecule has 2 aromatic rings. The molecule has 3 atom stereocenters. The molecular weight excluding hydrogens is 330 g/mol. The van der Waals surface area contributed by atoms with Crippen molar-refractivity contribution >= 4 is 23.4 Å². The largest absolute Gasteiger partial charge is 0.391 e. The number of benzene rings is 1. The van der Waals surface area contributed by atoms with Gasteiger partial charge in [-0.05, 0) is 43.4 Å².